The molecule has 4 nitrogen and oxygen atoms in total. The minimum Gasteiger partial charge on any atom is -0.391 e. The fraction of sp³-hybridized carbons (Fsp3) is 0.375. The van der Waals surface area contributed by atoms with Gasteiger partial charge in [-0.2, -0.15) is 0 Å². The number of carbonyl (C=O) groups is 1. The lowest BCUT2D eigenvalue weighted by Crippen LogP contribution is -2.47. The lowest BCUT2D eigenvalue weighted by molar-refractivity contribution is -0.141. The molecule has 0 spiro atoms. The van der Waals surface area contributed by atoms with E-state index in [0.717, 1.165) is 18.1 Å². The van der Waals surface area contributed by atoms with Crippen LogP contribution in [0.4, 0.5) is 13.2 Å². The predicted molar refractivity (Wildman–Crippen MR) is 111 cm³/mol. The highest BCUT2D eigenvalue weighted by Crippen LogP contribution is 2.49. The molecule has 1 saturated carbocycles. The van der Waals surface area contributed by atoms with Gasteiger partial charge in [-0.15, -0.1) is 0 Å². The summed E-state index contributed by atoms with van der Waals surface area (Å²) in [6, 6.07) is 8.02. The number of nitrogens with zero attached hydrogens (tertiary/aromatic N) is 1. The highest BCUT2D eigenvalue weighted by Gasteiger charge is 2.40. The maximum absolute atomic E-state index is 14.5. The van der Waals surface area contributed by atoms with Gasteiger partial charge in [0.15, 0.2) is 0 Å². The molecule has 1 unspecified atom stereocenters. The van der Waals surface area contributed by atoms with E-state index in [1.807, 2.05) is 0 Å². The molecule has 2 aliphatic rings. The van der Waals surface area contributed by atoms with Crippen LogP contribution < -0.4 is 0 Å². The van der Waals surface area contributed by atoms with Crippen LogP contribution in [-0.2, 0) is 4.79 Å². The fourth-order valence-electron chi connectivity index (χ4n) is 4.98. The van der Waals surface area contributed by atoms with Gasteiger partial charge in [0.05, 0.1) is 17.3 Å². The molecule has 3 aromatic rings. The topological polar surface area (TPSA) is 56.3 Å². The van der Waals surface area contributed by atoms with Crippen LogP contribution in [0, 0.1) is 23.4 Å². The van der Waals surface area contributed by atoms with Crippen molar-refractivity contribution in [3.05, 3.63) is 59.4 Å². The second kappa shape index (κ2) is 7.71. The van der Waals surface area contributed by atoms with E-state index in [4.69, 9.17) is 0 Å². The minimum atomic E-state index is -0.682. The number of rotatable bonds is 3. The normalized spacial score (nSPS) is 23.7. The van der Waals surface area contributed by atoms with Gasteiger partial charge in [-0.05, 0) is 73.1 Å². The van der Waals surface area contributed by atoms with Gasteiger partial charge < -0.3 is 15.0 Å². The van der Waals surface area contributed by atoms with Crippen LogP contribution in [0.15, 0.2) is 36.4 Å². The maximum Gasteiger partial charge on any atom is 0.225 e. The van der Waals surface area contributed by atoms with Crippen molar-refractivity contribution in [3.8, 4) is 11.3 Å². The van der Waals surface area contributed by atoms with Gasteiger partial charge in [-0.1, -0.05) is 0 Å². The lowest BCUT2D eigenvalue weighted by Gasteiger charge is -2.40. The Kier molecular flexibility index (Phi) is 5.01. The number of aromatic amines is 1. The maximum atomic E-state index is 14.5. The van der Waals surface area contributed by atoms with Crippen molar-refractivity contribution in [3.63, 3.8) is 0 Å². The minimum absolute atomic E-state index is 0.0375. The summed E-state index contributed by atoms with van der Waals surface area (Å²) in [5.41, 5.74) is 2.29. The summed E-state index contributed by atoms with van der Waals surface area (Å²) in [5.74, 6) is -1.89. The SMILES string of the molecule is O=C([C@H]1C[C@H](c2c(-c3ccc(F)cc3)[nH]c3c(F)cc(F)cc32)C1)N1CCCC(O)C1. The Balaban J connectivity index is 1.47. The Bertz CT molecular complexity index is 1140. The van der Waals surface area contributed by atoms with Crippen molar-refractivity contribution in [2.24, 2.45) is 5.92 Å². The molecular weight excluding hydrogens is 405 g/mol. The molecule has 1 amide bonds. The van der Waals surface area contributed by atoms with Gasteiger partial charge in [0, 0.05) is 30.5 Å². The van der Waals surface area contributed by atoms with Crippen molar-refractivity contribution < 1.29 is 23.1 Å². The van der Waals surface area contributed by atoms with E-state index in [1.165, 1.54) is 18.2 Å². The Morgan fingerprint density at radius 1 is 1.06 bits per heavy atom. The molecule has 2 N–H and O–H groups in total. The van der Waals surface area contributed by atoms with E-state index in [0.29, 0.717) is 49.0 Å². The van der Waals surface area contributed by atoms with Gasteiger partial charge in [0.25, 0.3) is 0 Å². The molecule has 5 rings (SSSR count). The van der Waals surface area contributed by atoms with Gasteiger partial charge in [-0.3, -0.25) is 4.79 Å². The average Bonchev–Trinajstić information content (AvgIpc) is 3.07. The highest BCUT2D eigenvalue weighted by atomic mass is 19.1. The summed E-state index contributed by atoms with van der Waals surface area (Å²) in [6.07, 6.45) is 2.18. The van der Waals surface area contributed by atoms with E-state index >= 15 is 0 Å². The first-order valence-electron chi connectivity index (χ1n) is 10.6. The molecule has 7 heteroatoms. The number of nitrogens with one attached hydrogen (secondary N) is 1. The molecule has 0 bridgehead atoms. The number of aromatic nitrogens is 1. The number of likely N-dealkylation sites (tertiary alicyclic amines) is 1. The van der Waals surface area contributed by atoms with Gasteiger partial charge >= 0.3 is 0 Å². The predicted octanol–water partition coefficient (Wildman–Crippen LogP) is 4.73. The summed E-state index contributed by atoms with van der Waals surface area (Å²) < 4.78 is 41.9. The van der Waals surface area contributed by atoms with Crippen LogP contribution in [0.25, 0.3) is 22.2 Å². The molecule has 1 aliphatic heterocycles. The number of fused-ring (bicyclic) bond motifs is 1. The summed E-state index contributed by atoms with van der Waals surface area (Å²) in [6.45, 7) is 1.02. The van der Waals surface area contributed by atoms with E-state index in [-0.39, 0.29) is 29.1 Å². The molecule has 1 atom stereocenters. The monoisotopic (exact) mass is 428 g/mol. The number of aliphatic hydroxyl groups excluding tert-OH is 1. The number of piperidine rings is 1. The Labute approximate surface area is 177 Å². The van der Waals surface area contributed by atoms with Crippen LogP contribution in [0.3, 0.4) is 0 Å². The largest absolute Gasteiger partial charge is 0.391 e. The molecule has 162 valence electrons. The van der Waals surface area contributed by atoms with Crippen molar-refractivity contribution in [2.75, 3.05) is 13.1 Å². The van der Waals surface area contributed by atoms with Crippen molar-refractivity contribution >= 4 is 16.8 Å². The molecule has 2 fully saturated rings. The number of benzene rings is 2. The zero-order valence-electron chi connectivity index (χ0n) is 16.9. The first kappa shape index (κ1) is 20.1. The van der Waals surface area contributed by atoms with Crippen molar-refractivity contribution in [2.45, 2.75) is 37.7 Å². The second-order valence-electron chi connectivity index (χ2n) is 8.68. The molecule has 0 radical (unpaired) electrons. The van der Waals surface area contributed by atoms with E-state index in [1.54, 1.807) is 17.0 Å². The van der Waals surface area contributed by atoms with Crippen LogP contribution >= 0.6 is 0 Å². The first-order chi connectivity index (χ1) is 14.9. The number of carbonyl (C=O) groups excluding carboxylic acids is 1. The quantitative estimate of drug-likeness (QED) is 0.634. The molecule has 2 aromatic carbocycles. The van der Waals surface area contributed by atoms with E-state index in [2.05, 4.69) is 4.98 Å². The lowest BCUT2D eigenvalue weighted by atomic mass is 9.69. The van der Waals surface area contributed by atoms with E-state index in [9.17, 15) is 23.1 Å². The number of halogens is 3. The summed E-state index contributed by atoms with van der Waals surface area (Å²) >= 11 is 0. The third kappa shape index (κ3) is 3.61. The van der Waals surface area contributed by atoms with Gasteiger partial charge in [-0.25, -0.2) is 13.2 Å². The van der Waals surface area contributed by atoms with Gasteiger partial charge in [0.2, 0.25) is 5.91 Å². The number of aliphatic hydroxyl groups is 1. The fourth-order valence-corrected chi connectivity index (χ4v) is 4.98. The third-order valence-corrected chi connectivity index (χ3v) is 6.60. The number of hydrogen-bond donors (Lipinski definition) is 2. The summed E-state index contributed by atoms with van der Waals surface area (Å²) in [5, 5.41) is 10.3. The number of amides is 1. The molecule has 1 aliphatic carbocycles. The summed E-state index contributed by atoms with van der Waals surface area (Å²) in [4.78, 5) is 17.6. The standard InChI is InChI=1S/C24H23F3N2O2/c25-16-5-3-13(4-6-16)22-21(19-10-17(26)11-20(27)23(19)28-22)14-8-15(9-14)24(31)29-7-1-2-18(30)12-29/h3-6,10-11,14-15,18,28,30H,1-2,7-9,12H2/t14-,15-,18?. The van der Waals surface area contributed by atoms with Crippen LogP contribution in [0.2, 0.25) is 0 Å². The van der Waals surface area contributed by atoms with Crippen LogP contribution in [0.1, 0.15) is 37.2 Å². The zero-order chi connectivity index (χ0) is 21.7. The van der Waals surface area contributed by atoms with Crippen LogP contribution in [0.5, 0.6) is 0 Å². The highest BCUT2D eigenvalue weighted by molar-refractivity contribution is 5.92. The van der Waals surface area contributed by atoms with Crippen molar-refractivity contribution in [1.29, 1.82) is 0 Å². The second-order valence-corrected chi connectivity index (χ2v) is 8.68. The molecule has 31 heavy (non-hydrogen) atoms. The van der Waals surface area contributed by atoms with Crippen molar-refractivity contribution in [1.82, 2.24) is 9.88 Å². The Hall–Kier alpha value is -2.80. The first-order valence-corrected chi connectivity index (χ1v) is 10.6. The number of β-amino-alcohol motifs (C(OH)–C–C–N with tert-alkyl or cyclic N) is 1. The molecule has 2 heterocycles. The van der Waals surface area contributed by atoms with Gasteiger partial charge in [0.1, 0.15) is 17.5 Å². The zero-order valence-corrected chi connectivity index (χ0v) is 16.9. The Morgan fingerprint density at radius 3 is 2.52 bits per heavy atom. The average molecular weight is 428 g/mol. The molecule has 1 saturated heterocycles. The van der Waals surface area contributed by atoms with Crippen LogP contribution in [-0.4, -0.2) is 40.1 Å². The summed E-state index contributed by atoms with van der Waals surface area (Å²) in [7, 11) is 0. The number of H-pyrrole nitrogens is 1. The third-order valence-electron chi connectivity index (χ3n) is 6.60. The Morgan fingerprint density at radius 2 is 1.81 bits per heavy atom. The molecular formula is C24H23F3N2O2. The molecule has 1 aromatic heterocycles. The van der Waals surface area contributed by atoms with E-state index < -0.39 is 17.7 Å². The number of hydrogen-bond acceptors (Lipinski definition) is 2. The smallest absolute Gasteiger partial charge is 0.225 e.